The monoisotopic (exact) mass is 404 g/mol. The minimum atomic E-state index is -0.320. The minimum Gasteiger partial charge on any atom is -0.370 e. The molecule has 1 aromatic rings. The van der Waals surface area contributed by atoms with Gasteiger partial charge in [0.2, 0.25) is 0 Å². The van der Waals surface area contributed by atoms with Gasteiger partial charge >= 0.3 is 0 Å². The third-order valence-electron chi connectivity index (χ3n) is 3.13. The molecule has 0 saturated carbocycles. The van der Waals surface area contributed by atoms with E-state index in [1.165, 1.54) is 0 Å². The predicted molar refractivity (Wildman–Crippen MR) is 93.8 cm³/mol. The number of benzene rings is 1. The van der Waals surface area contributed by atoms with Crippen molar-refractivity contribution < 1.29 is 9.53 Å². The number of guanidine groups is 1. The number of carbonyl (C=O) groups is 1. The van der Waals surface area contributed by atoms with Crippen LogP contribution in [0.2, 0.25) is 0 Å². The molecule has 0 bridgehead atoms. The summed E-state index contributed by atoms with van der Waals surface area (Å²) in [5.74, 6) is 0.307. The van der Waals surface area contributed by atoms with E-state index in [1.54, 1.807) is 7.05 Å². The fourth-order valence-electron chi connectivity index (χ4n) is 2.04. The summed E-state index contributed by atoms with van der Waals surface area (Å²) in [5, 5.41) is 5.85. The predicted octanol–water partition coefficient (Wildman–Crippen LogP) is 1.46. The molecular formula is C14H21IN4O2. The van der Waals surface area contributed by atoms with Gasteiger partial charge in [0.25, 0.3) is 5.91 Å². The fraction of sp³-hybridized carbons (Fsp3) is 0.429. The molecule has 4 N–H and O–H groups in total. The summed E-state index contributed by atoms with van der Waals surface area (Å²) in [6.45, 7) is 1.23. The van der Waals surface area contributed by atoms with Crippen molar-refractivity contribution in [2.24, 2.45) is 10.7 Å². The van der Waals surface area contributed by atoms with E-state index in [-0.39, 0.29) is 36.0 Å². The SMILES string of the molecule is CN=C(N)NCc1cccc(NC(=O)C2CCCO2)c1.I. The van der Waals surface area contributed by atoms with E-state index in [0.717, 1.165) is 24.1 Å². The van der Waals surface area contributed by atoms with Crippen molar-refractivity contribution in [2.45, 2.75) is 25.5 Å². The Morgan fingerprint density at radius 2 is 2.33 bits per heavy atom. The summed E-state index contributed by atoms with van der Waals surface area (Å²) in [6.07, 6.45) is 1.41. The van der Waals surface area contributed by atoms with Crippen LogP contribution in [0.5, 0.6) is 0 Å². The van der Waals surface area contributed by atoms with Crippen molar-refractivity contribution in [3.8, 4) is 0 Å². The zero-order valence-corrected chi connectivity index (χ0v) is 14.3. The molecule has 1 amide bonds. The highest BCUT2D eigenvalue weighted by Gasteiger charge is 2.23. The maximum absolute atomic E-state index is 11.9. The van der Waals surface area contributed by atoms with Crippen molar-refractivity contribution in [2.75, 3.05) is 19.0 Å². The van der Waals surface area contributed by atoms with Crippen LogP contribution in [-0.4, -0.2) is 31.6 Å². The van der Waals surface area contributed by atoms with E-state index in [1.807, 2.05) is 24.3 Å². The first-order chi connectivity index (χ1) is 9.69. The Morgan fingerprint density at radius 3 is 3.00 bits per heavy atom. The number of anilines is 1. The smallest absolute Gasteiger partial charge is 0.253 e. The van der Waals surface area contributed by atoms with Gasteiger partial charge in [-0.1, -0.05) is 12.1 Å². The summed E-state index contributed by atoms with van der Waals surface area (Å²) in [7, 11) is 1.63. The van der Waals surface area contributed by atoms with Crippen LogP contribution in [0.25, 0.3) is 0 Å². The Kier molecular flexibility index (Phi) is 7.44. The van der Waals surface area contributed by atoms with Crippen molar-refractivity contribution in [3.05, 3.63) is 29.8 Å². The summed E-state index contributed by atoms with van der Waals surface area (Å²) < 4.78 is 5.35. The molecule has 6 nitrogen and oxygen atoms in total. The number of halogens is 1. The number of ether oxygens (including phenoxy) is 1. The van der Waals surface area contributed by atoms with Crippen molar-refractivity contribution in [3.63, 3.8) is 0 Å². The lowest BCUT2D eigenvalue weighted by Crippen LogP contribution is -2.30. The van der Waals surface area contributed by atoms with Crippen LogP contribution in [0.3, 0.4) is 0 Å². The number of nitrogens with two attached hydrogens (primary N) is 1. The lowest BCUT2D eigenvalue weighted by atomic mass is 10.2. The second-order valence-corrected chi connectivity index (χ2v) is 4.65. The zero-order chi connectivity index (χ0) is 14.4. The molecule has 21 heavy (non-hydrogen) atoms. The van der Waals surface area contributed by atoms with Gasteiger partial charge in [-0.15, -0.1) is 24.0 Å². The van der Waals surface area contributed by atoms with Crippen molar-refractivity contribution in [1.82, 2.24) is 5.32 Å². The Morgan fingerprint density at radius 1 is 1.52 bits per heavy atom. The lowest BCUT2D eigenvalue weighted by Gasteiger charge is -2.11. The number of aliphatic imine (C=N–C) groups is 1. The normalized spacial score (nSPS) is 18.0. The maximum Gasteiger partial charge on any atom is 0.253 e. The minimum absolute atomic E-state index is 0. The first-order valence-electron chi connectivity index (χ1n) is 6.66. The van der Waals surface area contributed by atoms with E-state index >= 15 is 0 Å². The molecule has 2 rings (SSSR count). The van der Waals surface area contributed by atoms with Gasteiger partial charge in [-0.25, -0.2) is 0 Å². The van der Waals surface area contributed by atoms with Gasteiger partial charge in [0.05, 0.1) is 0 Å². The fourth-order valence-corrected chi connectivity index (χ4v) is 2.04. The standard InChI is InChI=1S/C14H20N4O2.HI/c1-16-14(15)17-9-10-4-2-5-11(8-10)18-13(19)12-6-3-7-20-12;/h2,4-5,8,12H,3,6-7,9H2,1H3,(H,18,19)(H3,15,16,17);1H. The molecule has 1 aromatic carbocycles. The van der Waals surface area contributed by atoms with E-state index in [9.17, 15) is 4.79 Å². The van der Waals surface area contributed by atoms with Gasteiger partial charge in [0.15, 0.2) is 5.96 Å². The van der Waals surface area contributed by atoms with Crippen LogP contribution in [0.1, 0.15) is 18.4 Å². The van der Waals surface area contributed by atoms with Crippen LogP contribution < -0.4 is 16.4 Å². The van der Waals surface area contributed by atoms with Crippen LogP contribution >= 0.6 is 24.0 Å². The second-order valence-electron chi connectivity index (χ2n) is 4.65. The molecule has 1 aliphatic heterocycles. The zero-order valence-electron chi connectivity index (χ0n) is 12.0. The highest BCUT2D eigenvalue weighted by molar-refractivity contribution is 14.0. The molecule has 1 saturated heterocycles. The topological polar surface area (TPSA) is 88.7 Å². The van der Waals surface area contributed by atoms with Crippen LogP contribution in [-0.2, 0) is 16.1 Å². The molecule has 1 aliphatic rings. The van der Waals surface area contributed by atoms with Crippen LogP contribution in [0.4, 0.5) is 5.69 Å². The molecule has 0 radical (unpaired) electrons. The third kappa shape index (κ3) is 5.50. The Hall–Kier alpha value is -1.35. The first-order valence-corrected chi connectivity index (χ1v) is 6.66. The summed E-state index contributed by atoms with van der Waals surface area (Å²) in [5.41, 5.74) is 7.35. The molecule has 116 valence electrons. The number of nitrogens with zero attached hydrogens (tertiary/aromatic N) is 1. The van der Waals surface area contributed by atoms with Gasteiger partial charge in [0.1, 0.15) is 6.10 Å². The molecule has 1 unspecified atom stereocenters. The van der Waals surface area contributed by atoms with Gasteiger partial charge in [-0.2, -0.15) is 0 Å². The summed E-state index contributed by atoms with van der Waals surface area (Å²) in [6, 6.07) is 7.61. The molecular weight excluding hydrogens is 383 g/mol. The Bertz CT molecular complexity index is 502. The number of hydrogen-bond acceptors (Lipinski definition) is 3. The molecule has 1 heterocycles. The summed E-state index contributed by atoms with van der Waals surface area (Å²) >= 11 is 0. The van der Waals surface area contributed by atoms with Gasteiger partial charge < -0.3 is 21.1 Å². The largest absolute Gasteiger partial charge is 0.370 e. The van der Waals surface area contributed by atoms with Crippen LogP contribution in [0, 0.1) is 0 Å². The van der Waals surface area contributed by atoms with Gasteiger partial charge in [-0.05, 0) is 30.5 Å². The number of nitrogens with one attached hydrogen (secondary N) is 2. The molecule has 0 aromatic heterocycles. The second kappa shape index (κ2) is 8.83. The first kappa shape index (κ1) is 17.7. The van der Waals surface area contributed by atoms with Gasteiger partial charge in [-0.3, -0.25) is 9.79 Å². The highest BCUT2D eigenvalue weighted by Crippen LogP contribution is 2.16. The third-order valence-corrected chi connectivity index (χ3v) is 3.13. The molecule has 1 fully saturated rings. The van der Waals surface area contributed by atoms with Crippen molar-refractivity contribution >= 4 is 41.5 Å². The molecule has 7 heteroatoms. The number of hydrogen-bond donors (Lipinski definition) is 3. The average Bonchev–Trinajstić information content (AvgIpc) is 2.99. The number of amides is 1. The average molecular weight is 404 g/mol. The number of carbonyl (C=O) groups excluding carboxylic acids is 1. The van der Waals surface area contributed by atoms with Gasteiger partial charge in [0, 0.05) is 25.9 Å². The Balaban J connectivity index is 0.00000220. The van der Waals surface area contributed by atoms with Crippen molar-refractivity contribution in [1.29, 1.82) is 0 Å². The quantitative estimate of drug-likeness (QED) is 0.403. The summed E-state index contributed by atoms with van der Waals surface area (Å²) in [4.78, 5) is 15.8. The molecule has 1 atom stereocenters. The van der Waals surface area contributed by atoms with E-state index in [2.05, 4.69) is 15.6 Å². The number of rotatable bonds is 4. The lowest BCUT2D eigenvalue weighted by molar-refractivity contribution is -0.124. The maximum atomic E-state index is 11.9. The van der Waals surface area contributed by atoms with E-state index < -0.39 is 0 Å². The highest BCUT2D eigenvalue weighted by atomic mass is 127. The van der Waals surface area contributed by atoms with E-state index in [4.69, 9.17) is 10.5 Å². The Labute approximate surface area is 141 Å². The van der Waals surface area contributed by atoms with E-state index in [0.29, 0.717) is 19.1 Å². The van der Waals surface area contributed by atoms with Crippen LogP contribution in [0.15, 0.2) is 29.3 Å². The molecule has 0 aliphatic carbocycles. The molecule has 0 spiro atoms.